The van der Waals surface area contributed by atoms with Gasteiger partial charge in [0.1, 0.15) is 19.4 Å². The molecule has 2 aromatic rings. The standard InChI is InChI=1S/C33H54O3Si3/c1-14-24-22-29(34-31(24)37(9,10)11)33(36-39(15-2,16-3)17-4)23(5)25-18-19-26-27(30(25)33)20-21-28(26)35-38(12,13)32(6,7)8/h14,18-19,22-23,28H,1,15-17,20-21H2,2-13H3/t23-,28?,33+/m0/s1. The fourth-order valence-electron chi connectivity index (χ4n) is 6.66. The first-order valence-corrected chi connectivity index (χ1v) is 24.3. The molecule has 0 N–H and O–H groups in total. The molecule has 0 bridgehead atoms. The van der Waals surface area contributed by atoms with Gasteiger partial charge in [-0.15, -0.1) is 0 Å². The summed E-state index contributed by atoms with van der Waals surface area (Å²) in [5, 5.41) is 1.33. The summed E-state index contributed by atoms with van der Waals surface area (Å²) in [6, 6.07) is 10.4. The topological polar surface area (TPSA) is 31.6 Å². The second-order valence-electron chi connectivity index (χ2n) is 14.7. The fraction of sp³-hybridized carbons (Fsp3) is 0.636. The largest absolute Gasteiger partial charge is 0.467 e. The molecule has 0 radical (unpaired) electrons. The third-order valence-electron chi connectivity index (χ3n) is 10.4. The highest BCUT2D eigenvalue weighted by Crippen LogP contribution is 2.62. The van der Waals surface area contributed by atoms with Crippen LogP contribution in [0, 0.1) is 0 Å². The highest BCUT2D eigenvalue weighted by atomic mass is 28.4. The lowest BCUT2D eigenvalue weighted by atomic mass is 9.61. The molecule has 0 fully saturated rings. The number of benzene rings is 1. The molecule has 0 saturated carbocycles. The van der Waals surface area contributed by atoms with Crippen LogP contribution in [0.3, 0.4) is 0 Å². The van der Waals surface area contributed by atoms with Crippen molar-refractivity contribution in [3.63, 3.8) is 0 Å². The van der Waals surface area contributed by atoms with Crippen molar-refractivity contribution in [1.29, 1.82) is 0 Å². The Kier molecular flexibility index (Phi) is 8.10. The molecule has 3 atom stereocenters. The van der Waals surface area contributed by atoms with E-state index in [1.54, 1.807) is 0 Å². The van der Waals surface area contributed by atoms with E-state index in [1.807, 2.05) is 6.08 Å². The second kappa shape index (κ2) is 10.3. The van der Waals surface area contributed by atoms with Crippen LogP contribution in [-0.4, -0.2) is 24.7 Å². The molecular weight excluding hydrogens is 529 g/mol. The maximum absolute atomic E-state index is 7.67. The van der Waals surface area contributed by atoms with Crippen LogP contribution in [0.1, 0.15) is 100 Å². The summed E-state index contributed by atoms with van der Waals surface area (Å²) in [6.45, 7) is 32.4. The molecule has 4 rings (SSSR count). The quantitative estimate of drug-likeness (QED) is 0.261. The molecule has 6 heteroatoms. The van der Waals surface area contributed by atoms with Crippen molar-refractivity contribution >= 4 is 36.2 Å². The van der Waals surface area contributed by atoms with Crippen LogP contribution in [-0.2, 0) is 20.9 Å². The van der Waals surface area contributed by atoms with E-state index in [2.05, 4.69) is 106 Å². The third kappa shape index (κ3) is 4.86. The van der Waals surface area contributed by atoms with E-state index in [0.29, 0.717) is 0 Å². The summed E-state index contributed by atoms with van der Waals surface area (Å²) in [5.41, 5.74) is 6.29. The van der Waals surface area contributed by atoms with E-state index in [4.69, 9.17) is 13.3 Å². The van der Waals surface area contributed by atoms with Crippen LogP contribution >= 0.6 is 0 Å². The summed E-state index contributed by atoms with van der Waals surface area (Å²) in [5.74, 6) is 1.25. The molecule has 0 aliphatic heterocycles. The van der Waals surface area contributed by atoms with Crippen molar-refractivity contribution < 1.29 is 13.3 Å². The van der Waals surface area contributed by atoms with Gasteiger partial charge in [0, 0.05) is 11.5 Å². The normalized spacial score (nSPS) is 23.4. The van der Waals surface area contributed by atoms with E-state index in [1.165, 1.54) is 22.3 Å². The van der Waals surface area contributed by atoms with Crippen molar-refractivity contribution in [3.8, 4) is 0 Å². The zero-order valence-corrected chi connectivity index (χ0v) is 29.9. The summed E-state index contributed by atoms with van der Waals surface area (Å²) >= 11 is 0. The van der Waals surface area contributed by atoms with Crippen LogP contribution in [0.15, 0.2) is 29.2 Å². The van der Waals surface area contributed by atoms with Gasteiger partial charge in [-0.25, -0.2) is 0 Å². The van der Waals surface area contributed by atoms with Gasteiger partial charge >= 0.3 is 0 Å². The monoisotopic (exact) mass is 582 g/mol. The van der Waals surface area contributed by atoms with Gasteiger partial charge in [0.25, 0.3) is 0 Å². The lowest BCUT2D eigenvalue weighted by Gasteiger charge is -2.53. The van der Waals surface area contributed by atoms with Crippen molar-refractivity contribution in [2.75, 3.05) is 0 Å². The highest BCUT2D eigenvalue weighted by Gasteiger charge is 2.59. The molecule has 1 unspecified atom stereocenters. The van der Waals surface area contributed by atoms with E-state index in [-0.39, 0.29) is 17.1 Å². The summed E-state index contributed by atoms with van der Waals surface area (Å²) in [6.07, 6.45) is 4.26. The number of rotatable bonds is 10. The molecule has 1 heterocycles. The Balaban J connectivity index is 1.93. The zero-order valence-electron chi connectivity index (χ0n) is 26.9. The molecule has 2 aliphatic carbocycles. The molecule has 3 nitrogen and oxygen atoms in total. The van der Waals surface area contributed by atoms with Crippen LogP contribution in [0.2, 0.25) is 55.9 Å². The van der Waals surface area contributed by atoms with E-state index < -0.39 is 30.3 Å². The third-order valence-corrected chi connectivity index (χ3v) is 21.3. The first-order valence-electron chi connectivity index (χ1n) is 15.3. The van der Waals surface area contributed by atoms with Crippen LogP contribution in [0.5, 0.6) is 0 Å². The zero-order chi connectivity index (χ0) is 29.2. The van der Waals surface area contributed by atoms with E-state index in [0.717, 1.165) is 47.7 Å². The van der Waals surface area contributed by atoms with Crippen molar-refractivity contribution in [3.05, 3.63) is 58.4 Å². The van der Waals surface area contributed by atoms with Crippen LogP contribution in [0.25, 0.3) is 6.08 Å². The van der Waals surface area contributed by atoms with Gasteiger partial charge in [-0.3, -0.25) is 0 Å². The molecular formula is C33H54O3Si3. The van der Waals surface area contributed by atoms with Gasteiger partial charge in [-0.1, -0.05) is 92.9 Å². The highest BCUT2D eigenvalue weighted by molar-refractivity contribution is 6.88. The Morgan fingerprint density at radius 1 is 1.03 bits per heavy atom. The lowest BCUT2D eigenvalue weighted by molar-refractivity contribution is 0.0216. The maximum Gasteiger partial charge on any atom is 0.193 e. The summed E-state index contributed by atoms with van der Waals surface area (Å²) in [4.78, 5) is 0. The molecule has 0 saturated heterocycles. The average Bonchev–Trinajstić information content (AvgIpc) is 3.48. The number of hydrogen-bond acceptors (Lipinski definition) is 3. The lowest BCUT2D eigenvalue weighted by Crippen LogP contribution is -2.54. The molecule has 39 heavy (non-hydrogen) atoms. The Hall–Kier alpha value is -1.19. The Bertz CT molecular complexity index is 1220. The minimum atomic E-state index is -1.99. The maximum atomic E-state index is 7.67. The Morgan fingerprint density at radius 2 is 1.62 bits per heavy atom. The Morgan fingerprint density at radius 3 is 2.10 bits per heavy atom. The van der Waals surface area contributed by atoms with Crippen molar-refractivity contribution in [1.82, 2.24) is 0 Å². The van der Waals surface area contributed by atoms with Gasteiger partial charge in [0.2, 0.25) is 0 Å². The number of hydrogen-bond donors (Lipinski definition) is 0. The first-order chi connectivity index (χ1) is 18.0. The predicted molar refractivity (Wildman–Crippen MR) is 175 cm³/mol. The first kappa shape index (κ1) is 30.8. The summed E-state index contributed by atoms with van der Waals surface area (Å²) in [7, 11) is -5.61. The van der Waals surface area contributed by atoms with Gasteiger partial charge < -0.3 is 13.3 Å². The van der Waals surface area contributed by atoms with Gasteiger partial charge in [0.05, 0.1) is 11.5 Å². The fourth-order valence-corrected chi connectivity index (χ4v) is 12.4. The van der Waals surface area contributed by atoms with Crippen molar-refractivity contribution in [2.45, 2.75) is 135 Å². The minimum absolute atomic E-state index is 0.170. The molecule has 0 amide bonds. The van der Waals surface area contributed by atoms with E-state index >= 15 is 0 Å². The SMILES string of the molecule is C=Cc1cc([C@@]2(O[Si](CC)(CC)CC)c3c(ccc4c3CCC4O[Si](C)(C)C(C)(C)C)[C@@H]2C)oc1[Si](C)(C)C. The van der Waals surface area contributed by atoms with Crippen molar-refractivity contribution in [2.24, 2.45) is 0 Å². The molecule has 0 spiro atoms. The van der Waals surface area contributed by atoms with Crippen LogP contribution in [0.4, 0.5) is 0 Å². The number of furan rings is 1. The van der Waals surface area contributed by atoms with Crippen LogP contribution < -0.4 is 5.38 Å². The smallest absolute Gasteiger partial charge is 0.193 e. The van der Waals surface area contributed by atoms with Gasteiger partial charge in [0.15, 0.2) is 16.6 Å². The average molecular weight is 583 g/mol. The van der Waals surface area contributed by atoms with E-state index in [9.17, 15) is 0 Å². The molecule has 2 aliphatic rings. The Labute approximate surface area is 242 Å². The summed E-state index contributed by atoms with van der Waals surface area (Å²) < 4.78 is 21.7. The second-order valence-corrected chi connectivity index (χ2v) is 29.1. The molecule has 216 valence electrons. The van der Waals surface area contributed by atoms with Gasteiger partial charge in [-0.2, -0.15) is 0 Å². The molecule has 1 aromatic heterocycles. The predicted octanol–water partition coefficient (Wildman–Crippen LogP) is 9.86. The minimum Gasteiger partial charge on any atom is -0.467 e. The number of fused-ring (bicyclic) bond motifs is 3. The molecule has 1 aromatic carbocycles. The van der Waals surface area contributed by atoms with Gasteiger partial charge in [-0.05, 0) is 77.4 Å².